The van der Waals surface area contributed by atoms with E-state index in [1.807, 2.05) is 13.8 Å². The minimum atomic E-state index is -0.718. The van der Waals surface area contributed by atoms with Gasteiger partial charge in [0.1, 0.15) is 21.7 Å². The first kappa shape index (κ1) is 16.7. The Kier molecular flexibility index (Phi) is 4.42. The largest absolute Gasteiger partial charge is 0.383 e. The van der Waals surface area contributed by atoms with Crippen LogP contribution in [0.5, 0.6) is 0 Å². The summed E-state index contributed by atoms with van der Waals surface area (Å²) in [4.78, 5) is 22.5. The van der Waals surface area contributed by atoms with E-state index in [2.05, 4.69) is 9.97 Å². The Labute approximate surface area is 146 Å². The summed E-state index contributed by atoms with van der Waals surface area (Å²) in [6.07, 6.45) is 0. The van der Waals surface area contributed by atoms with Crippen LogP contribution in [0.4, 0.5) is 10.2 Å². The molecule has 0 saturated heterocycles. The first-order valence-corrected chi connectivity index (χ1v) is 8.81. The van der Waals surface area contributed by atoms with Crippen molar-refractivity contribution >= 4 is 45.0 Å². The number of nitrogens with zero attached hydrogens (tertiary/aromatic N) is 2. The van der Waals surface area contributed by atoms with Gasteiger partial charge in [-0.1, -0.05) is 23.9 Å². The number of carbonyl (C=O) groups excluding carboxylic acids is 1. The third-order valence-corrected chi connectivity index (χ3v) is 5.93. The van der Waals surface area contributed by atoms with Gasteiger partial charge in [-0.15, -0.1) is 11.3 Å². The first-order valence-electron chi connectivity index (χ1n) is 7.11. The number of aromatic nitrogens is 2. The van der Waals surface area contributed by atoms with E-state index < -0.39 is 11.2 Å². The lowest BCUT2D eigenvalue weighted by molar-refractivity contribution is -0.117. The second kappa shape index (κ2) is 6.37. The molecule has 3 aromatic rings. The van der Waals surface area contributed by atoms with E-state index in [9.17, 15) is 9.18 Å². The maximum atomic E-state index is 13.1. The smallest absolute Gasteiger partial charge is 0.235 e. The predicted molar refractivity (Wildman–Crippen MR) is 95.5 cm³/mol. The summed E-state index contributed by atoms with van der Waals surface area (Å²) in [7, 11) is 0. The van der Waals surface area contributed by atoms with Crippen molar-refractivity contribution in [3.63, 3.8) is 0 Å². The highest BCUT2D eigenvalue weighted by atomic mass is 32.2. The Balaban J connectivity index is 2.00. The lowest BCUT2D eigenvalue weighted by Gasteiger charge is -2.12. The van der Waals surface area contributed by atoms with Crippen LogP contribution in [-0.2, 0) is 4.79 Å². The number of anilines is 1. The number of rotatable bonds is 4. The van der Waals surface area contributed by atoms with E-state index in [0.717, 1.165) is 32.4 Å². The molecule has 0 bridgehead atoms. The number of hydrogen-bond acceptors (Lipinski definition) is 6. The van der Waals surface area contributed by atoms with Crippen LogP contribution in [-0.4, -0.2) is 15.9 Å². The van der Waals surface area contributed by atoms with Crippen molar-refractivity contribution in [1.29, 1.82) is 0 Å². The topological polar surface area (TPSA) is 94.9 Å². The Morgan fingerprint density at radius 1 is 1.25 bits per heavy atom. The maximum absolute atomic E-state index is 13.1. The van der Waals surface area contributed by atoms with E-state index in [1.165, 1.54) is 35.6 Å². The fraction of sp³-hybridized carbons (Fsp3) is 0.188. The van der Waals surface area contributed by atoms with Crippen molar-refractivity contribution < 1.29 is 9.18 Å². The number of benzene rings is 1. The van der Waals surface area contributed by atoms with Crippen molar-refractivity contribution in [3.05, 3.63) is 46.1 Å². The number of hydrogen-bond donors (Lipinski definition) is 2. The van der Waals surface area contributed by atoms with Gasteiger partial charge in [0.05, 0.1) is 5.39 Å². The van der Waals surface area contributed by atoms with Crippen LogP contribution < -0.4 is 11.5 Å². The van der Waals surface area contributed by atoms with Gasteiger partial charge in [0.2, 0.25) is 5.91 Å². The fourth-order valence-corrected chi connectivity index (χ4v) is 4.36. The van der Waals surface area contributed by atoms with Gasteiger partial charge >= 0.3 is 0 Å². The number of aryl methyl sites for hydroxylation is 2. The molecule has 2 aromatic heterocycles. The zero-order valence-electron chi connectivity index (χ0n) is 13.0. The van der Waals surface area contributed by atoms with Gasteiger partial charge in [-0.2, -0.15) is 0 Å². The number of halogens is 1. The summed E-state index contributed by atoms with van der Waals surface area (Å²) in [5.41, 5.74) is 13.2. The van der Waals surface area contributed by atoms with Crippen LogP contribution >= 0.6 is 23.1 Å². The number of thioether (sulfide) groups is 1. The summed E-state index contributed by atoms with van der Waals surface area (Å²) in [5, 5.41) is 0.498. The monoisotopic (exact) mass is 362 g/mol. The molecule has 1 amide bonds. The van der Waals surface area contributed by atoms with Gasteiger partial charge in [0.25, 0.3) is 0 Å². The van der Waals surface area contributed by atoms with Crippen LogP contribution in [0.15, 0.2) is 29.4 Å². The molecule has 0 radical (unpaired) electrons. The number of thiophene rings is 1. The van der Waals surface area contributed by atoms with Gasteiger partial charge in [0, 0.05) is 4.88 Å². The third-order valence-electron chi connectivity index (χ3n) is 3.69. The molecule has 0 aliphatic carbocycles. The molecule has 2 heterocycles. The molecule has 8 heteroatoms. The Morgan fingerprint density at radius 2 is 1.92 bits per heavy atom. The van der Waals surface area contributed by atoms with Crippen LogP contribution in [0.25, 0.3) is 10.2 Å². The molecule has 24 heavy (non-hydrogen) atoms. The number of carbonyl (C=O) groups is 1. The molecule has 0 aliphatic rings. The molecule has 1 atom stereocenters. The molecule has 0 fully saturated rings. The molecule has 5 nitrogen and oxygen atoms in total. The standard InChI is InChI=1S/C16H15FN4OS2/c1-7-8(2)23-15-11(7)13(18)20-16(21-15)24-12(14(19)22)9-3-5-10(17)6-4-9/h3-6,12H,1-2H3,(H2,19,22)(H2,18,20,21)/t12-/m0/s1. The van der Waals surface area contributed by atoms with E-state index in [1.54, 1.807) is 0 Å². The third kappa shape index (κ3) is 3.07. The minimum absolute atomic E-state index is 0.370. The molecular formula is C16H15FN4OS2. The van der Waals surface area contributed by atoms with Gasteiger partial charge < -0.3 is 11.5 Å². The second-order valence-electron chi connectivity index (χ2n) is 5.31. The fourth-order valence-electron chi connectivity index (χ4n) is 2.35. The Morgan fingerprint density at radius 3 is 2.54 bits per heavy atom. The van der Waals surface area contributed by atoms with Crippen molar-refractivity contribution in [1.82, 2.24) is 9.97 Å². The summed E-state index contributed by atoms with van der Waals surface area (Å²) >= 11 is 2.64. The zero-order valence-corrected chi connectivity index (χ0v) is 14.7. The molecule has 4 N–H and O–H groups in total. The quantitative estimate of drug-likeness (QED) is 0.548. The molecular weight excluding hydrogens is 347 g/mol. The number of nitrogen functional groups attached to an aromatic ring is 1. The summed E-state index contributed by atoms with van der Waals surface area (Å²) in [5.74, 6) is -0.544. The molecule has 0 saturated carbocycles. The van der Waals surface area contributed by atoms with Gasteiger partial charge in [-0.3, -0.25) is 4.79 Å². The Bertz CT molecular complexity index is 924. The first-order chi connectivity index (χ1) is 11.4. The average molecular weight is 362 g/mol. The van der Waals surface area contributed by atoms with E-state index in [0.29, 0.717) is 16.5 Å². The van der Waals surface area contributed by atoms with Crippen LogP contribution in [0.2, 0.25) is 0 Å². The van der Waals surface area contributed by atoms with E-state index in [4.69, 9.17) is 11.5 Å². The average Bonchev–Trinajstić information content (AvgIpc) is 2.81. The van der Waals surface area contributed by atoms with E-state index in [-0.39, 0.29) is 5.82 Å². The molecule has 124 valence electrons. The molecule has 0 unspecified atom stereocenters. The van der Waals surface area contributed by atoms with Crippen molar-refractivity contribution in [2.45, 2.75) is 24.3 Å². The van der Waals surface area contributed by atoms with Crippen molar-refractivity contribution in [2.75, 3.05) is 5.73 Å². The number of amides is 1. The van der Waals surface area contributed by atoms with Crippen LogP contribution in [0.3, 0.4) is 0 Å². The van der Waals surface area contributed by atoms with Crippen molar-refractivity contribution in [3.8, 4) is 0 Å². The molecule has 0 aliphatic heterocycles. The second-order valence-corrected chi connectivity index (χ2v) is 7.58. The lowest BCUT2D eigenvalue weighted by atomic mass is 10.1. The Hall–Kier alpha value is -2.19. The predicted octanol–water partition coefficient (Wildman–Crippen LogP) is 3.35. The van der Waals surface area contributed by atoms with Gasteiger partial charge in [-0.05, 0) is 37.1 Å². The molecule has 3 rings (SSSR count). The lowest BCUT2D eigenvalue weighted by Crippen LogP contribution is -2.19. The number of primary amides is 1. The highest BCUT2D eigenvalue weighted by Gasteiger charge is 2.22. The highest BCUT2D eigenvalue weighted by molar-refractivity contribution is 8.00. The molecule has 0 spiro atoms. The summed E-state index contributed by atoms with van der Waals surface area (Å²) < 4.78 is 13.1. The summed E-state index contributed by atoms with van der Waals surface area (Å²) in [6, 6.07) is 5.63. The van der Waals surface area contributed by atoms with Gasteiger partial charge in [-0.25, -0.2) is 14.4 Å². The zero-order chi connectivity index (χ0) is 17.4. The number of nitrogens with two attached hydrogens (primary N) is 2. The van der Waals surface area contributed by atoms with Crippen LogP contribution in [0, 0.1) is 19.7 Å². The minimum Gasteiger partial charge on any atom is -0.383 e. The van der Waals surface area contributed by atoms with Gasteiger partial charge in [0.15, 0.2) is 5.16 Å². The summed E-state index contributed by atoms with van der Waals surface area (Å²) in [6.45, 7) is 3.98. The maximum Gasteiger partial charge on any atom is 0.235 e. The highest BCUT2D eigenvalue weighted by Crippen LogP contribution is 2.37. The van der Waals surface area contributed by atoms with E-state index >= 15 is 0 Å². The SMILES string of the molecule is Cc1sc2nc(S[C@H](C(N)=O)c3ccc(F)cc3)nc(N)c2c1C. The number of fused-ring (bicyclic) bond motifs is 1. The normalized spacial score (nSPS) is 12.5. The van der Waals surface area contributed by atoms with Crippen LogP contribution in [0.1, 0.15) is 21.3 Å². The molecule has 1 aromatic carbocycles. The van der Waals surface area contributed by atoms with Crippen molar-refractivity contribution in [2.24, 2.45) is 5.73 Å².